The molecule has 3 heterocycles. The average molecular weight is 467 g/mol. The van der Waals surface area contributed by atoms with Crippen molar-refractivity contribution < 1.29 is 22.7 Å². The zero-order valence-electron chi connectivity index (χ0n) is 18.9. The fourth-order valence-electron chi connectivity index (χ4n) is 5.05. The lowest BCUT2D eigenvalue weighted by Crippen LogP contribution is -2.41. The van der Waals surface area contributed by atoms with E-state index in [4.69, 9.17) is 4.74 Å². The SMILES string of the molecule is COc1cc(/C=C2\CCC3CC[C@@H](c4cc(F)c(F)c(F)c4)N3C2=O)ccc1-n1cnc(C)c1. The number of ether oxygens (including phenoxy) is 1. The number of fused-ring (bicyclic) bond motifs is 1. The summed E-state index contributed by atoms with van der Waals surface area (Å²) in [5.41, 5.74) is 3.44. The third-order valence-corrected chi connectivity index (χ3v) is 6.68. The summed E-state index contributed by atoms with van der Waals surface area (Å²) >= 11 is 0. The van der Waals surface area contributed by atoms with Crippen LogP contribution in [0.3, 0.4) is 0 Å². The Morgan fingerprint density at radius 3 is 2.53 bits per heavy atom. The number of hydrogen-bond acceptors (Lipinski definition) is 3. The molecule has 0 aliphatic carbocycles. The number of benzene rings is 2. The lowest BCUT2D eigenvalue weighted by Gasteiger charge is -2.35. The molecule has 5 rings (SSSR count). The largest absolute Gasteiger partial charge is 0.495 e. The highest BCUT2D eigenvalue weighted by Gasteiger charge is 2.42. The van der Waals surface area contributed by atoms with Gasteiger partial charge in [-0.2, -0.15) is 0 Å². The molecule has 34 heavy (non-hydrogen) atoms. The smallest absolute Gasteiger partial charge is 0.250 e. The van der Waals surface area contributed by atoms with Crippen LogP contribution in [-0.4, -0.2) is 33.5 Å². The number of carbonyl (C=O) groups excluding carboxylic acids is 1. The van der Waals surface area contributed by atoms with E-state index in [1.165, 1.54) is 0 Å². The van der Waals surface area contributed by atoms with Gasteiger partial charge >= 0.3 is 0 Å². The molecule has 0 N–H and O–H groups in total. The second kappa shape index (κ2) is 8.66. The van der Waals surface area contributed by atoms with Gasteiger partial charge in [0.05, 0.1) is 30.9 Å². The predicted molar refractivity (Wildman–Crippen MR) is 121 cm³/mol. The van der Waals surface area contributed by atoms with E-state index in [0.29, 0.717) is 24.2 Å². The number of halogens is 3. The highest BCUT2D eigenvalue weighted by molar-refractivity contribution is 5.99. The van der Waals surface area contributed by atoms with Crippen LogP contribution in [0.25, 0.3) is 11.8 Å². The van der Waals surface area contributed by atoms with Crippen LogP contribution in [0, 0.1) is 24.4 Å². The predicted octanol–water partition coefficient (Wildman–Crippen LogP) is 5.52. The van der Waals surface area contributed by atoms with E-state index in [-0.39, 0.29) is 17.5 Å². The van der Waals surface area contributed by atoms with Crippen LogP contribution in [0.4, 0.5) is 13.2 Å². The molecule has 2 aliphatic heterocycles. The molecule has 5 nitrogen and oxygen atoms in total. The molecule has 2 saturated heterocycles. The van der Waals surface area contributed by atoms with Crippen molar-refractivity contribution in [3.05, 3.63) is 82.7 Å². The summed E-state index contributed by atoms with van der Waals surface area (Å²) in [4.78, 5) is 19.4. The topological polar surface area (TPSA) is 47.4 Å². The van der Waals surface area contributed by atoms with E-state index in [1.54, 1.807) is 18.3 Å². The molecule has 0 spiro atoms. The van der Waals surface area contributed by atoms with Crippen LogP contribution in [0.15, 0.2) is 48.4 Å². The molecule has 176 valence electrons. The van der Waals surface area contributed by atoms with Crippen LogP contribution in [0.2, 0.25) is 0 Å². The maximum atomic E-state index is 13.9. The number of aryl methyl sites for hydroxylation is 1. The number of rotatable bonds is 4. The minimum Gasteiger partial charge on any atom is -0.495 e. The first-order chi connectivity index (χ1) is 16.4. The zero-order valence-corrected chi connectivity index (χ0v) is 18.9. The number of amides is 1. The maximum Gasteiger partial charge on any atom is 0.250 e. The fourth-order valence-corrected chi connectivity index (χ4v) is 5.05. The lowest BCUT2D eigenvalue weighted by molar-refractivity contribution is -0.131. The molecule has 2 aromatic carbocycles. The molecule has 2 atom stereocenters. The molecule has 2 aliphatic rings. The summed E-state index contributed by atoms with van der Waals surface area (Å²) in [6, 6.07) is 7.20. The Kier molecular flexibility index (Phi) is 5.67. The third kappa shape index (κ3) is 3.87. The van der Waals surface area contributed by atoms with Crippen molar-refractivity contribution >= 4 is 12.0 Å². The minimum absolute atomic E-state index is 0.00668. The van der Waals surface area contributed by atoms with Gasteiger partial charge in [-0.1, -0.05) is 6.07 Å². The summed E-state index contributed by atoms with van der Waals surface area (Å²) in [7, 11) is 1.59. The molecule has 1 unspecified atom stereocenters. The second-order valence-corrected chi connectivity index (χ2v) is 8.82. The van der Waals surface area contributed by atoms with E-state index in [0.717, 1.165) is 41.9 Å². The van der Waals surface area contributed by atoms with Gasteiger partial charge in [-0.05, 0) is 74.1 Å². The number of nitrogens with zero attached hydrogens (tertiary/aromatic N) is 3. The first kappa shape index (κ1) is 22.3. The minimum atomic E-state index is -1.49. The summed E-state index contributed by atoms with van der Waals surface area (Å²) < 4.78 is 48.6. The number of aromatic nitrogens is 2. The Hall–Kier alpha value is -3.55. The van der Waals surface area contributed by atoms with Crippen LogP contribution in [0.5, 0.6) is 5.75 Å². The van der Waals surface area contributed by atoms with E-state index in [9.17, 15) is 18.0 Å². The molecule has 0 bridgehead atoms. The third-order valence-electron chi connectivity index (χ3n) is 6.68. The number of imidazole rings is 1. The van der Waals surface area contributed by atoms with Gasteiger partial charge in [0.2, 0.25) is 0 Å². The second-order valence-electron chi connectivity index (χ2n) is 8.82. The molecule has 2 fully saturated rings. The van der Waals surface area contributed by atoms with E-state index in [2.05, 4.69) is 4.98 Å². The average Bonchev–Trinajstić information content (AvgIpc) is 3.45. The quantitative estimate of drug-likeness (QED) is 0.375. The van der Waals surface area contributed by atoms with Crippen molar-refractivity contribution in [1.29, 1.82) is 0 Å². The van der Waals surface area contributed by atoms with Gasteiger partial charge in [0, 0.05) is 17.8 Å². The highest BCUT2D eigenvalue weighted by Crippen LogP contribution is 2.43. The summed E-state index contributed by atoms with van der Waals surface area (Å²) in [6.45, 7) is 1.91. The van der Waals surface area contributed by atoms with Gasteiger partial charge in [0.15, 0.2) is 17.5 Å². The van der Waals surface area contributed by atoms with Crippen LogP contribution in [-0.2, 0) is 4.79 Å². The molecule has 0 saturated carbocycles. The number of hydrogen-bond donors (Lipinski definition) is 0. The molecule has 3 aromatic rings. The Labute approximate surface area is 195 Å². The van der Waals surface area contributed by atoms with Crippen molar-refractivity contribution in [3.63, 3.8) is 0 Å². The van der Waals surface area contributed by atoms with Crippen molar-refractivity contribution in [3.8, 4) is 11.4 Å². The Morgan fingerprint density at radius 1 is 1.09 bits per heavy atom. The number of carbonyl (C=O) groups is 1. The monoisotopic (exact) mass is 467 g/mol. The van der Waals surface area contributed by atoms with Gasteiger partial charge < -0.3 is 14.2 Å². The van der Waals surface area contributed by atoms with Crippen LogP contribution in [0.1, 0.15) is 48.5 Å². The van der Waals surface area contributed by atoms with Gasteiger partial charge in [0.25, 0.3) is 5.91 Å². The Bertz CT molecular complexity index is 1280. The van der Waals surface area contributed by atoms with Crippen molar-refractivity contribution in [2.75, 3.05) is 7.11 Å². The maximum absolute atomic E-state index is 13.9. The molecule has 8 heteroatoms. The van der Waals surface area contributed by atoms with Crippen molar-refractivity contribution in [2.24, 2.45) is 0 Å². The molecule has 1 aromatic heterocycles. The van der Waals surface area contributed by atoms with E-state index in [1.807, 2.05) is 42.0 Å². The van der Waals surface area contributed by atoms with E-state index < -0.39 is 23.5 Å². The van der Waals surface area contributed by atoms with Crippen LogP contribution >= 0.6 is 0 Å². The van der Waals surface area contributed by atoms with E-state index >= 15 is 0 Å². The van der Waals surface area contributed by atoms with Gasteiger partial charge in [-0.3, -0.25) is 4.79 Å². The molecule has 0 radical (unpaired) electrons. The Morgan fingerprint density at radius 2 is 1.85 bits per heavy atom. The summed E-state index contributed by atoms with van der Waals surface area (Å²) in [5, 5.41) is 0. The number of methoxy groups -OCH3 is 1. The van der Waals surface area contributed by atoms with Gasteiger partial charge in [0.1, 0.15) is 5.75 Å². The molecular formula is C26H24F3N3O2. The first-order valence-electron chi connectivity index (χ1n) is 11.2. The van der Waals surface area contributed by atoms with Crippen LogP contribution < -0.4 is 4.74 Å². The van der Waals surface area contributed by atoms with Crippen molar-refractivity contribution in [2.45, 2.75) is 44.7 Å². The standard InChI is InChI=1S/C26H24F3N3O2/c1-15-13-31(14-30-15)23-7-3-16(10-24(23)34-2)9-17-4-5-19-6-8-22(32(19)26(17)33)18-11-20(27)25(29)21(28)12-18/h3,7,9-14,19,22H,4-6,8H2,1-2H3/b17-9+/t19?,22-/m0/s1. The first-order valence-corrected chi connectivity index (χ1v) is 11.2. The molecule has 1 amide bonds. The van der Waals surface area contributed by atoms with Gasteiger partial charge in [-0.25, -0.2) is 18.2 Å². The summed E-state index contributed by atoms with van der Waals surface area (Å²) in [5.74, 6) is -3.48. The summed E-state index contributed by atoms with van der Waals surface area (Å²) in [6.07, 6.45) is 8.16. The highest BCUT2D eigenvalue weighted by atomic mass is 19.2. The lowest BCUT2D eigenvalue weighted by atomic mass is 9.95. The van der Waals surface area contributed by atoms with Crippen molar-refractivity contribution in [1.82, 2.24) is 14.5 Å². The van der Waals surface area contributed by atoms with Gasteiger partial charge in [-0.15, -0.1) is 0 Å². The Balaban J connectivity index is 1.44. The zero-order chi connectivity index (χ0) is 24.0. The fraction of sp³-hybridized carbons (Fsp3) is 0.308. The normalized spacial score (nSPS) is 21.3. The molecular weight excluding hydrogens is 443 g/mol. The number of piperidine rings is 1.